The molecular weight excluding hydrogens is 320 g/mol. The lowest BCUT2D eigenvalue weighted by Crippen LogP contribution is -2.21. The summed E-state index contributed by atoms with van der Waals surface area (Å²) in [6, 6.07) is 12.4. The van der Waals surface area contributed by atoms with Crippen molar-refractivity contribution >= 4 is 17.6 Å². The van der Waals surface area contributed by atoms with Crippen LogP contribution < -0.4 is 14.2 Å². The highest BCUT2D eigenvalue weighted by molar-refractivity contribution is 5.89. The maximum absolute atomic E-state index is 11.6. The minimum atomic E-state index is -1.12. The predicted molar refractivity (Wildman–Crippen MR) is 94.4 cm³/mol. The average Bonchev–Trinajstić information content (AvgIpc) is 2.61. The minimum Gasteiger partial charge on any atom is -0.497 e. The van der Waals surface area contributed by atoms with Crippen LogP contribution in [0.25, 0.3) is 11.6 Å². The predicted octanol–water partition coefficient (Wildman–Crippen LogP) is 3.43. The summed E-state index contributed by atoms with van der Waals surface area (Å²) >= 11 is 0. The monoisotopic (exact) mass is 338 g/mol. The third kappa shape index (κ3) is 3.56. The largest absolute Gasteiger partial charge is 0.497 e. The van der Waals surface area contributed by atoms with Gasteiger partial charge in [0.15, 0.2) is 0 Å². The van der Waals surface area contributed by atoms with E-state index in [2.05, 4.69) is 6.58 Å². The van der Waals surface area contributed by atoms with Crippen molar-refractivity contribution in [3.05, 3.63) is 65.7 Å². The topological polar surface area (TPSA) is 65.0 Å². The maximum atomic E-state index is 11.6. The van der Waals surface area contributed by atoms with Crippen LogP contribution in [0.5, 0.6) is 17.2 Å². The fraction of sp³-hybridized carbons (Fsp3) is 0.150. The standard InChI is InChI=1S/C20H18O5/c1-12(2)19(21)24-16-9-6-14-10-17(20(22)25-18(14)11-16)13-4-7-15(23-3)8-5-13/h4-11,20,22H,1H2,2-3H3. The van der Waals surface area contributed by atoms with Crippen LogP contribution in [-0.4, -0.2) is 24.5 Å². The average molecular weight is 338 g/mol. The van der Waals surface area contributed by atoms with Gasteiger partial charge < -0.3 is 19.3 Å². The SMILES string of the molecule is C=C(C)C(=O)Oc1ccc2c(c1)OC(O)C(c1ccc(OC)cc1)=C2. The second-order valence-corrected chi connectivity index (χ2v) is 5.67. The first kappa shape index (κ1) is 16.8. The lowest BCUT2D eigenvalue weighted by Gasteiger charge is -2.24. The molecule has 25 heavy (non-hydrogen) atoms. The van der Waals surface area contributed by atoms with Gasteiger partial charge in [0.1, 0.15) is 17.2 Å². The molecule has 0 aliphatic carbocycles. The van der Waals surface area contributed by atoms with E-state index in [1.165, 1.54) is 0 Å². The smallest absolute Gasteiger partial charge is 0.338 e. The molecule has 1 aliphatic heterocycles. The highest BCUT2D eigenvalue weighted by Gasteiger charge is 2.22. The van der Waals surface area contributed by atoms with Gasteiger partial charge in [-0.05, 0) is 42.8 Å². The summed E-state index contributed by atoms with van der Waals surface area (Å²) in [5.74, 6) is 1.00. The van der Waals surface area contributed by atoms with E-state index in [1.54, 1.807) is 32.2 Å². The van der Waals surface area contributed by atoms with E-state index in [-0.39, 0.29) is 0 Å². The molecule has 1 N–H and O–H groups in total. The van der Waals surface area contributed by atoms with Gasteiger partial charge in [-0.3, -0.25) is 0 Å². The summed E-state index contributed by atoms with van der Waals surface area (Å²) in [6.07, 6.45) is 0.725. The Morgan fingerprint density at radius 1 is 1.16 bits per heavy atom. The molecule has 5 heteroatoms. The Labute approximate surface area is 145 Å². The molecule has 2 aromatic carbocycles. The highest BCUT2D eigenvalue weighted by atomic mass is 16.6. The number of methoxy groups -OCH3 is 1. The zero-order valence-electron chi connectivity index (χ0n) is 14.0. The van der Waals surface area contributed by atoms with Gasteiger partial charge in [-0.15, -0.1) is 0 Å². The van der Waals surface area contributed by atoms with Crippen molar-refractivity contribution in [2.75, 3.05) is 7.11 Å². The summed E-state index contributed by atoms with van der Waals surface area (Å²) in [4.78, 5) is 11.6. The Bertz CT molecular complexity index is 849. The molecular formula is C20H18O5. The van der Waals surface area contributed by atoms with Crippen molar-refractivity contribution in [1.82, 2.24) is 0 Å². The first-order chi connectivity index (χ1) is 12.0. The molecule has 0 bridgehead atoms. The number of aliphatic hydroxyl groups excluding tert-OH is 1. The summed E-state index contributed by atoms with van der Waals surface area (Å²) in [5.41, 5.74) is 2.56. The zero-order valence-corrected chi connectivity index (χ0v) is 14.0. The highest BCUT2D eigenvalue weighted by Crippen LogP contribution is 2.36. The summed E-state index contributed by atoms with van der Waals surface area (Å²) in [5, 5.41) is 10.3. The fourth-order valence-corrected chi connectivity index (χ4v) is 2.43. The van der Waals surface area contributed by atoms with Crippen LogP contribution in [0.1, 0.15) is 18.1 Å². The molecule has 0 fully saturated rings. The third-order valence-corrected chi connectivity index (χ3v) is 3.78. The van der Waals surface area contributed by atoms with Gasteiger partial charge in [-0.25, -0.2) is 4.79 Å². The number of carbonyl (C=O) groups is 1. The molecule has 3 rings (SSSR count). The number of fused-ring (bicyclic) bond motifs is 1. The molecule has 0 radical (unpaired) electrons. The first-order valence-electron chi connectivity index (χ1n) is 7.70. The summed E-state index contributed by atoms with van der Waals surface area (Å²) in [6.45, 7) is 5.12. The van der Waals surface area contributed by atoms with Crippen molar-refractivity contribution in [3.8, 4) is 17.2 Å². The molecule has 1 aliphatic rings. The molecule has 1 heterocycles. The van der Waals surface area contributed by atoms with Gasteiger partial charge in [0.25, 0.3) is 0 Å². The van der Waals surface area contributed by atoms with Crippen molar-refractivity contribution in [1.29, 1.82) is 0 Å². The van der Waals surface area contributed by atoms with Gasteiger partial charge in [0.2, 0.25) is 6.29 Å². The normalized spacial score (nSPS) is 15.5. The van der Waals surface area contributed by atoms with Crippen molar-refractivity contribution in [2.24, 2.45) is 0 Å². The van der Waals surface area contributed by atoms with Crippen LogP contribution >= 0.6 is 0 Å². The van der Waals surface area contributed by atoms with Gasteiger partial charge in [0.05, 0.1) is 7.11 Å². The number of esters is 1. The van der Waals surface area contributed by atoms with E-state index in [0.717, 1.165) is 16.9 Å². The number of ether oxygens (including phenoxy) is 3. The molecule has 2 aromatic rings. The van der Waals surface area contributed by atoms with Gasteiger partial charge >= 0.3 is 5.97 Å². The number of hydrogen-bond donors (Lipinski definition) is 1. The lowest BCUT2D eigenvalue weighted by atomic mass is 9.99. The number of aliphatic hydroxyl groups is 1. The third-order valence-electron chi connectivity index (χ3n) is 3.78. The first-order valence-corrected chi connectivity index (χ1v) is 7.70. The molecule has 128 valence electrons. The van der Waals surface area contributed by atoms with Crippen LogP contribution in [0.4, 0.5) is 0 Å². The maximum Gasteiger partial charge on any atom is 0.338 e. The van der Waals surface area contributed by atoms with Crippen LogP contribution in [0.15, 0.2) is 54.6 Å². The molecule has 0 saturated heterocycles. The number of carbonyl (C=O) groups excluding carboxylic acids is 1. The van der Waals surface area contributed by atoms with Crippen molar-refractivity contribution < 1.29 is 24.1 Å². The molecule has 1 atom stereocenters. The Morgan fingerprint density at radius 3 is 2.48 bits per heavy atom. The van der Waals surface area contributed by atoms with Crippen molar-refractivity contribution in [2.45, 2.75) is 13.2 Å². The van der Waals surface area contributed by atoms with Crippen LogP contribution in [0.2, 0.25) is 0 Å². The van der Waals surface area contributed by atoms with Crippen LogP contribution in [0.3, 0.4) is 0 Å². The number of rotatable bonds is 4. The molecule has 0 aromatic heterocycles. The molecule has 0 spiro atoms. The minimum absolute atomic E-state index is 0.306. The van der Waals surface area contributed by atoms with E-state index in [9.17, 15) is 9.90 Å². The number of hydrogen-bond acceptors (Lipinski definition) is 5. The van der Waals surface area contributed by atoms with Crippen molar-refractivity contribution in [3.63, 3.8) is 0 Å². The zero-order chi connectivity index (χ0) is 18.0. The number of benzene rings is 2. The van der Waals surface area contributed by atoms with E-state index in [0.29, 0.717) is 22.6 Å². The second-order valence-electron chi connectivity index (χ2n) is 5.67. The van der Waals surface area contributed by atoms with Gasteiger partial charge in [-0.1, -0.05) is 18.7 Å². The summed E-state index contributed by atoms with van der Waals surface area (Å²) in [7, 11) is 1.60. The van der Waals surface area contributed by atoms with Gasteiger partial charge in [-0.2, -0.15) is 0 Å². The summed E-state index contributed by atoms with van der Waals surface area (Å²) < 4.78 is 15.9. The van der Waals surface area contributed by atoms with Crippen LogP contribution in [-0.2, 0) is 4.79 Å². The Kier molecular flexibility index (Phi) is 4.59. The Hall–Kier alpha value is -3.05. The Balaban J connectivity index is 1.89. The molecule has 1 unspecified atom stereocenters. The van der Waals surface area contributed by atoms with E-state index < -0.39 is 12.3 Å². The fourth-order valence-electron chi connectivity index (χ4n) is 2.43. The van der Waals surface area contributed by atoms with Gasteiger partial charge in [0, 0.05) is 22.8 Å². The quantitative estimate of drug-likeness (QED) is 0.526. The molecule has 0 saturated carbocycles. The van der Waals surface area contributed by atoms with Crippen LogP contribution in [0, 0.1) is 0 Å². The molecule has 0 amide bonds. The van der Waals surface area contributed by atoms with E-state index >= 15 is 0 Å². The van der Waals surface area contributed by atoms with E-state index in [4.69, 9.17) is 14.2 Å². The lowest BCUT2D eigenvalue weighted by molar-refractivity contribution is -0.130. The Morgan fingerprint density at radius 2 is 1.84 bits per heavy atom. The molecule has 5 nitrogen and oxygen atoms in total. The second kappa shape index (κ2) is 6.83. The van der Waals surface area contributed by atoms with E-state index in [1.807, 2.05) is 30.3 Å².